The van der Waals surface area contributed by atoms with Crippen LogP contribution in [-0.2, 0) is 4.79 Å². The lowest BCUT2D eigenvalue weighted by molar-refractivity contribution is -0.142. The predicted octanol–water partition coefficient (Wildman–Crippen LogP) is 2.58. The number of aliphatic carboxylic acids is 1. The standard InChI is InChI=1S/C13H13I2NO4/c14-6-4-8(11(17)9(15)5-6)12(18)16-10-3-1-2-7(10)13(19)20/h4-5,7,10,17H,1-3H2,(H,16,18)(H,19,20). The third kappa shape index (κ3) is 3.35. The van der Waals surface area contributed by atoms with Gasteiger partial charge >= 0.3 is 5.97 Å². The Bertz CT molecular complexity index is 562. The van der Waals surface area contributed by atoms with Gasteiger partial charge in [-0.1, -0.05) is 6.42 Å². The van der Waals surface area contributed by atoms with E-state index in [2.05, 4.69) is 27.9 Å². The van der Waals surface area contributed by atoms with Crippen LogP contribution in [-0.4, -0.2) is 28.1 Å². The number of carboxylic acid groups (broad SMARTS) is 1. The van der Waals surface area contributed by atoms with Crippen molar-refractivity contribution >= 4 is 57.1 Å². The van der Waals surface area contributed by atoms with E-state index in [1.54, 1.807) is 12.1 Å². The molecule has 1 saturated carbocycles. The van der Waals surface area contributed by atoms with E-state index in [1.165, 1.54) is 0 Å². The lowest BCUT2D eigenvalue weighted by Gasteiger charge is -2.18. The summed E-state index contributed by atoms with van der Waals surface area (Å²) in [5.74, 6) is -1.90. The van der Waals surface area contributed by atoms with E-state index in [0.717, 1.165) is 9.99 Å². The molecular weight excluding hydrogens is 488 g/mol. The van der Waals surface area contributed by atoms with E-state index >= 15 is 0 Å². The molecule has 0 radical (unpaired) electrons. The van der Waals surface area contributed by atoms with Crippen molar-refractivity contribution in [2.75, 3.05) is 0 Å². The summed E-state index contributed by atoms with van der Waals surface area (Å²) in [6.45, 7) is 0. The van der Waals surface area contributed by atoms with Crippen LogP contribution in [0, 0.1) is 13.1 Å². The van der Waals surface area contributed by atoms with Gasteiger partial charge in [-0.05, 0) is 70.2 Å². The van der Waals surface area contributed by atoms with Gasteiger partial charge in [-0.3, -0.25) is 9.59 Å². The Balaban J connectivity index is 2.18. The largest absolute Gasteiger partial charge is 0.506 e. The molecule has 1 fully saturated rings. The van der Waals surface area contributed by atoms with Gasteiger partial charge in [-0.15, -0.1) is 0 Å². The van der Waals surface area contributed by atoms with Crippen molar-refractivity contribution in [1.82, 2.24) is 5.32 Å². The summed E-state index contributed by atoms with van der Waals surface area (Å²) >= 11 is 4.03. The van der Waals surface area contributed by atoms with Crippen LogP contribution in [0.1, 0.15) is 29.6 Å². The maximum absolute atomic E-state index is 12.2. The van der Waals surface area contributed by atoms with Gasteiger partial charge in [0.2, 0.25) is 0 Å². The first-order chi connectivity index (χ1) is 9.40. The van der Waals surface area contributed by atoms with E-state index in [9.17, 15) is 14.7 Å². The second-order valence-electron chi connectivity index (χ2n) is 4.74. The van der Waals surface area contributed by atoms with Crippen LogP contribution in [0.4, 0.5) is 0 Å². The second-order valence-corrected chi connectivity index (χ2v) is 7.15. The summed E-state index contributed by atoms with van der Waals surface area (Å²) in [4.78, 5) is 23.3. The van der Waals surface area contributed by atoms with Crippen molar-refractivity contribution in [3.8, 4) is 5.75 Å². The van der Waals surface area contributed by atoms with Crippen molar-refractivity contribution in [1.29, 1.82) is 0 Å². The smallest absolute Gasteiger partial charge is 0.308 e. The van der Waals surface area contributed by atoms with E-state index < -0.39 is 17.8 Å². The number of halogens is 2. The number of phenols is 1. The fraction of sp³-hybridized carbons (Fsp3) is 0.385. The summed E-state index contributed by atoms with van der Waals surface area (Å²) in [6.07, 6.45) is 2.03. The minimum Gasteiger partial charge on any atom is -0.506 e. The minimum atomic E-state index is -0.880. The highest BCUT2D eigenvalue weighted by Gasteiger charge is 2.34. The summed E-state index contributed by atoms with van der Waals surface area (Å²) < 4.78 is 1.44. The second kappa shape index (κ2) is 6.46. The SMILES string of the molecule is O=C(NC1CCCC1C(=O)O)c1cc(I)cc(I)c1O. The van der Waals surface area contributed by atoms with Gasteiger partial charge in [0.05, 0.1) is 15.1 Å². The Labute approximate surface area is 143 Å². The molecule has 1 aromatic rings. The Kier molecular flexibility index (Phi) is 5.10. The van der Waals surface area contributed by atoms with Gasteiger partial charge in [0.1, 0.15) is 5.75 Å². The normalized spacial score (nSPS) is 21.7. The number of hydrogen-bond acceptors (Lipinski definition) is 3. The molecule has 3 N–H and O–H groups in total. The van der Waals surface area contributed by atoms with Crippen LogP contribution >= 0.6 is 45.2 Å². The molecule has 0 aromatic heterocycles. The Morgan fingerprint density at radius 1 is 1.25 bits per heavy atom. The monoisotopic (exact) mass is 501 g/mol. The maximum atomic E-state index is 12.2. The fourth-order valence-corrected chi connectivity index (χ4v) is 4.26. The average Bonchev–Trinajstić information content (AvgIpc) is 2.81. The third-order valence-electron chi connectivity index (χ3n) is 3.42. The topological polar surface area (TPSA) is 86.6 Å². The molecule has 2 atom stereocenters. The van der Waals surface area contributed by atoms with E-state index in [1.807, 2.05) is 22.6 Å². The lowest BCUT2D eigenvalue weighted by Crippen LogP contribution is -2.40. The van der Waals surface area contributed by atoms with Gasteiger partial charge in [0.15, 0.2) is 0 Å². The van der Waals surface area contributed by atoms with Gasteiger partial charge < -0.3 is 15.5 Å². The molecule has 108 valence electrons. The van der Waals surface area contributed by atoms with E-state index in [-0.39, 0.29) is 17.4 Å². The Morgan fingerprint density at radius 2 is 1.95 bits per heavy atom. The van der Waals surface area contributed by atoms with Crippen LogP contribution in [0.25, 0.3) is 0 Å². The molecule has 2 rings (SSSR count). The van der Waals surface area contributed by atoms with Crippen LogP contribution in [0.5, 0.6) is 5.75 Å². The predicted molar refractivity (Wildman–Crippen MR) is 89.8 cm³/mol. The summed E-state index contributed by atoms with van der Waals surface area (Å²) in [6, 6.07) is 3.00. The summed E-state index contributed by atoms with van der Waals surface area (Å²) in [5, 5.41) is 21.8. The van der Waals surface area contributed by atoms with Crippen molar-refractivity contribution < 1.29 is 19.8 Å². The minimum absolute atomic E-state index is 0.0617. The quantitative estimate of drug-likeness (QED) is 0.557. The number of carboxylic acids is 1. The molecule has 0 bridgehead atoms. The van der Waals surface area contributed by atoms with Crippen LogP contribution in [0.15, 0.2) is 12.1 Å². The molecule has 1 aliphatic rings. The molecule has 0 spiro atoms. The van der Waals surface area contributed by atoms with Gasteiger partial charge in [-0.2, -0.15) is 0 Å². The van der Waals surface area contributed by atoms with Gasteiger partial charge in [0.25, 0.3) is 5.91 Å². The molecular formula is C13H13I2NO4. The first-order valence-corrected chi connectivity index (χ1v) is 8.27. The number of nitrogens with one attached hydrogen (secondary N) is 1. The molecule has 5 nitrogen and oxygen atoms in total. The molecule has 0 aliphatic heterocycles. The maximum Gasteiger partial charge on any atom is 0.308 e. The molecule has 0 heterocycles. The molecule has 1 aromatic carbocycles. The number of hydrogen-bond donors (Lipinski definition) is 3. The van der Waals surface area contributed by atoms with Gasteiger partial charge in [0, 0.05) is 9.61 Å². The number of carbonyl (C=O) groups excluding carboxylic acids is 1. The molecule has 1 aliphatic carbocycles. The first-order valence-electron chi connectivity index (χ1n) is 6.12. The Hall–Kier alpha value is -0.580. The molecule has 7 heteroatoms. The average molecular weight is 501 g/mol. The number of aromatic hydroxyl groups is 1. The van der Waals surface area contributed by atoms with Crippen molar-refractivity contribution in [2.24, 2.45) is 5.92 Å². The summed E-state index contributed by atoms with van der Waals surface area (Å²) in [5.41, 5.74) is 0.192. The molecule has 0 saturated heterocycles. The van der Waals surface area contributed by atoms with Crippen LogP contribution < -0.4 is 5.32 Å². The molecule has 2 unspecified atom stereocenters. The van der Waals surface area contributed by atoms with Crippen LogP contribution in [0.3, 0.4) is 0 Å². The third-order valence-corrected chi connectivity index (χ3v) is 4.87. The zero-order chi connectivity index (χ0) is 14.9. The number of benzene rings is 1. The Morgan fingerprint density at radius 3 is 2.60 bits per heavy atom. The highest BCUT2D eigenvalue weighted by atomic mass is 127. The molecule has 1 amide bonds. The highest BCUT2D eigenvalue weighted by Crippen LogP contribution is 2.29. The number of rotatable bonds is 3. The lowest BCUT2D eigenvalue weighted by atomic mass is 10.0. The zero-order valence-corrected chi connectivity index (χ0v) is 14.7. The molecule has 20 heavy (non-hydrogen) atoms. The number of carbonyl (C=O) groups is 2. The van der Waals surface area contributed by atoms with Crippen LogP contribution in [0.2, 0.25) is 0 Å². The van der Waals surface area contributed by atoms with E-state index in [0.29, 0.717) is 16.4 Å². The highest BCUT2D eigenvalue weighted by molar-refractivity contribution is 14.1. The number of phenolic OH excluding ortho intramolecular Hbond substituents is 1. The van der Waals surface area contributed by atoms with Crippen molar-refractivity contribution in [2.45, 2.75) is 25.3 Å². The number of amides is 1. The van der Waals surface area contributed by atoms with E-state index in [4.69, 9.17) is 5.11 Å². The zero-order valence-electron chi connectivity index (χ0n) is 10.4. The van der Waals surface area contributed by atoms with Crippen molar-refractivity contribution in [3.05, 3.63) is 24.8 Å². The first kappa shape index (κ1) is 15.8. The van der Waals surface area contributed by atoms with Crippen molar-refractivity contribution in [3.63, 3.8) is 0 Å². The summed E-state index contributed by atoms with van der Waals surface area (Å²) in [7, 11) is 0. The fourth-order valence-electron chi connectivity index (χ4n) is 2.41. The van der Waals surface area contributed by atoms with Gasteiger partial charge in [-0.25, -0.2) is 0 Å².